The quantitative estimate of drug-likeness (QED) is 0.823. The van der Waals surface area contributed by atoms with Crippen molar-refractivity contribution in [3.8, 4) is 0 Å². The van der Waals surface area contributed by atoms with Crippen LogP contribution in [0.5, 0.6) is 0 Å². The summed E-state index contributed by atoms with van der Waals surface area (Å²) in [7, 11) is 0. The lowest BCUT2D eigenvalue weighted by molar-refractivity contribution is -0.137. The molecule has 1 N–H and O–H groups in total. The first-order chi connectivity index (χ1) is 7.18. The van der Waals surface area contributed by atoms with Crippen LogP contribution in [-0.4, -0.2) is 26.1 Å². The summed E-state index contributed by atoms with van der Waals surface area (Å²) in [5, 5.41) is 16.6. The van der Waals surface area contributed by atoms with Gasteiger partial charge in [-0.2, -0.15) is 0 Å². The predicted octanol–water partition coefficient (Wildman–Crippen LogP) is 1.47. The Labute approximate surface area is 86.3 Å². The molecule has 15 heavy (non-hydrogen) atoms. The van der Waals surface area contributed by atoms with Crippen LogP contribution >= 0.6 is 0 Å². The van der Waals surface area contributed by atoms with E-state index in [1.54, 1.807) is 4.68 Å². The maximum atomic E-state index is 10.6. The highest BCUT2D eigenvalue weighted by molar-refractivity contribution is 5.74. The predicted molar refractivity (Wildman–Crippen MR) is 54.5 cm³/mol. The number of carboxylic acid groups (broad SMARTS) is 1. The third-order valence-electron chi connectivity index (χ3n) is 2.26. The number of aromatic nitrogens is 3. The molecule has 0 bridgehead atoms. The summed E-state index contributed by atoms with van der Waals surface area (Å²) in [4.78, 5) is 10.6. The minimum Gasteiger partial charge on any atom is -0.481 e. The van der Waals surface area contributed by atoms with Crippen molar-refractivity contribution in [1.29, 1.82) is 0 Å². The molecule has 0 amide bonds. The molecule has 78 valence electrons. The fourth-order valence-corrected chi connectivity index (χ4v) is 1.55. The van der Waals surface area contributed by atoms with Crippen LogP contribution in [0.25, 0.3) is 11.0 Å². The highest BCUT2D eigenvalue weighted by atomic mass is 16.4. The first-order valence-corrected chi connectivity index (χ1v) is 4.70. The average molecular weight is 205 g/mol. The molecule has 2 aromatic rings. The van der Waals surface area contributed by atoms with Crippen molar-refractivity contribution in [2.24, 2.45) is 0 Å². The zero-order valence-corrected chi connectivity index (χ0v) is 8.29. The first kappa shape index (κ1) is 9.64. The Morgan fingerprint density at radius 1 is 1.53 bits per heavy atom. The Kier molecular flexibility index (Phi) is 2.37. The van der Waals surface area contributed by atoms with Gasteiger partial charge in [-0.1, -0.05) is 17.3 Å². The van der Waals surface area contributed by atoms with E-state index in [0.29, 0.717) is 0 Å². The number of carboxylic acids is 1. The summed E-state index contributed by atoms with van der Waals surface area (Å²) in [6.07, 6.45) is 0.0490. The molecule has 1 atom stereocenters. The van der Waals surface area contributed by atoms with Crippen LogP contribution in [0.1, 0.15) is 19.4 Å². The molecular weight excluding hydrogens is 194 g/mol. The van der Waals surface area contributed by atoms with Crippen molar-refractivity contribution in [2.45, 2.75) is 19.4 Å². The first-order valence-electron chi connectivity index (χ1n) is 4.70. The van der Waals surface area contributed by atoms with E-state index >= 15 is 0 Å². The zero-order valence-electron chi connectivity index (χ0n) is 8.29. The van der Waals surface area contributed by atoms with Crippen molar-refractivity contribution in [1.82, 2.24) is 15.0 Å². The van der Waals surface area contributed by atoms with E-state index in [-0.39, 0.29) is 12.5 Å². The van der Waals surface area contributed by atoms with Crippen LogP contribution in [0.3, 0.4) is 0 Å². The third-order valence-corrected chi connectivity index (χ3v) is 2.26. The van der Waals surface area contributed by atoms with Crippen molar-refractivity contribution >= 4 is 17.0 Å². The zero-order chi connectivity index (χ0) is 10.8. The lowest BCUT2D eigenvalue weighted by atomic mass is 10.2. The molecule has 0 radical (unpaired) electrons. The number of para-hydroxylation sites is 1. The second-order valence-corrected chi connectivity index (χ2v) is 3.47. The Morgan fingerprint density at radius 3 is 3.00 bits per heavy atom. The number of rotatable bonds is 3. The molecule has 0 unspecified atom stereocenters. The van der Waals surface area contributed by atoms with Gasteiger partial charge in [0.2, 0.25) is 0 Å². The van der Waals surface area contributed by atoms with E-state index in [9.17, 15) is 4.79 Å². The van der Waals surface area contributed by atoms with E-state index in [1.807, 2.05) is 31.2 Å². The second-order valence-electron chi connectivity index (χ2n) is 3.47. The molecule has 2 rings (SSSR count). The van der Waals surface area contributed by atoms with Gasteiger partial charge in [0.15, 0.2) is 0 Å². The van der Waals surface area contributed by atoms with Crippen LogP contribution in [0, 0.1) is 0 Å². The van der Waals surface area contributed by atoms with E-state index in [2.05, 4.69) is 10.3 Å². The van der Waals surface area contributed by atoms with Gasteiger partial charge in [-0.3, -0.25) is 4.79 Å². The standard InChI is InChI=1S/C10H11N3O2/c1-7(6-10(14)15)13-9-5-3-2-4-8(9)11-12-13/h2-5,7H,6H2,1H3,(H,14,15)/t7-/m1/s1. The number of aliphatic carboxylic acids is 1. The van der Waals surface area contributed by atoms with Gasteiger partial charge in [0.05, 0.1) is 18.0 Å². The number of hydrogen-bond donors (Lipinski definition) is 1. The van der Waals surface area contributed by atoms with Crippen LogP contribution in [0.15, 0.2) is 24.3 Å². The molecule has 0 saturated carbocycles. The summed E-state index contributed by atoms with van der Waals surface area (Å²) in [5.41, 5.74) is 1.65. The number of hydrogen-bond acceptors (Lipinski definition) is 3. The number of benzene rings is 1. The molecule has 5 nitrogen and oxygen atoms in total. The maximum absolute atomic E-state index is 10.6. The highest BCUT2D eigenvalue weighted by Gasteiger charge is 2.13. The molecule has 0 spiro atoms. The summed E-state index contributed by atoms with van der Waals surface area (Å²) in [6, 6.07) is 7.31. The topological polar surface area (TPSA) is 68.0 Å². The Hall–Kier alpha value is -1.91. The van der Waals surface area contributed by atoms with E-state index in [1.165, 1.54) is 0 Å². The van der Waals surface area contributed by atoms with Crippen LogP contribution in [0.4, 0.5) is 0 Å². The summed E-state index contributed by atoms with van der Waals surface area (Å²) >= 11 is 0. The molecule has 0 aliphatic rings. The molecule has 1 aromatic heterocycles. The average Bonchev–Trinajstić information content (AvgIpc) is 2.59. The van der Waals surface area contributed by atoms with Gasteiger partial charge < -0.3 is 5.11 Å². The Morgan fingerprint density at radius 2 is 2.27 bits per heavy atom. The molecule has 1 heterocycles. The van der Waals surface area contributed by atoms with Crippen molar-refractivity contribution in [2.75, 3.05) is 0 Å². The van der Waals surface area contributed by atoms with Gasteiger partial charge in [0, 0.05) is 0 Å². The number of nitrogens with zero attached hydrogens (tertiary/aromatic N) is 3. The molecule has 0 fully saturated rings. The molecule has 0 aliphatic heterocycles. The fraction of sp³-hybridized carbons (Fsp3) is 0.300. The van der Waals surface area contributed by atoms with Gasteiger partial charge in [0.1, 0.15) is 5.52 Å². The van der Waals surface area contributed by atoms with Gasteiger partial charge in [-0.25, -0.2) is 4.68 Å². The van der Waals surface area contributed by atoms with E-state index in [0.717, 1.165) is 11.0 Å². The fourth-order valence-electron chi connectivity index (χ4n) is 1.55. The smallest absolute Gasteiger partial charge is 0.305 e. The van der Waals surface area contributed by atoms with Crippen LogP contribution < -0.4 is 0 Å². The van der Waals surface area contributed by atoms with Crippen molar-refractivity contribution in [3.63, 3.8) is 0 Å². The molecule has 0 saturated heterocycles. The molecular formula is C10H11N3O2. The molecule has 5 heteroatoms. The van der Waals surface area contributed by atoms with E-state index < -0.39 is 5.97 Å². The lowest BCUT2D eigenvalue weighted by Crippen LogP contribution is -2.11. The minimum atomic E-state index is -0.831. The van der Waals surface area contributed by atoms with E-state index in [4.69, 9.17) is 5.11 Å². The van der Waals surface area contributed by atoms with Crippen LogP contribution in [0.2, 0.25) is 0 Å². The maximum Gasteiger partial charge on any atom is 0.305 e. The summed E-state index contributed by atoms with van der Waals surface area (Å²) in [6.45, 7) is 1.81. The third kappa shape index (κ3) is 1.81. The van der Waals surface area contributed by atoms with Crippen LogP contribution in [-0.2, 0) is 4.79 Å². The van der Waals surface area contributed by atoms with Gasteiger partial charge in [-0.05, 0) is 19.1 Å². The monoisotopic (exact) mass is 205 g/mol. The van der Waals surface area contributed by atoms with Gasteiger partial charge in [-0.15, -0.1) is 5.10 Å². The molecule has 0 aliphatic carbocycles. The Bertz CT molecular complexity index is 492. The second kappa shape index (κ2) is 3.68. The summed E-state index contributed by atoms with van der Waals surface area (Å²) in [5.74, 6) is -0.831. The molecule has 1 aromatic carbocycles. The Balaban J connectivity index is 2.39. The normalized spacial score (nSPS) is 12.9. The number of carbonyl (C=O) groups is 1. The van der Waals surface area contributed by atoms with Crippen molar-refractivity contribution in [3.05, 3.63) is 24.3 Å². The van der Waals surface area contributed by atoms with Crippen molar-refractivity contribution < 1.29 is 9.90 Å². The minimum absolute atomic E-state index is 0.0490. The summed E-state index contributed by atoms with van der Waals surface area (Å²) < 4.78 is 1.64. The lowest BCUT2D eigenvalue weighted by Gasteiger charge is -2.08. The highest BCUT2D eigenvalue weighted by Crippen LogP contribution is 2.17. The number of fused-ring (bicyclic) bond motifs is 1. The van der Waals surface area contributed by atoms with Gasteiger partial charge >= 0.3 is 5.97 Å². The largest absolute Gasteiger partial charge is 0.481 e. The van der Waals surface area contributed by atoms with Gasteiger partial charge in [0.25, 0.3) is 0 Å². The SMILES string of the molecule is C[C@H](CC(=O)O)n1nnc2ccccc21.